The van der Waals surface area contributed by atoms with Crippen LogP contribution in [-0.2, 0) is 0 Å². The lowest BCUT2D eigenvalue weighted by Crippen LogP contribution is -2.04. The highest BCUT2D eigenvalue weighted by atomic mass is 16.5. The molecule has 0 aliphatic heterocycles. The number of aryl methyl sites for hydroxylation is 1. The minimum Gasteiger partial charge on any atom is -0.493 e. The van der Waals surface area contributed by atoms with Crippen LogP contribution in [0.5, 0.6) is 5.75 Å². The van der Waals surface area contributed by atoms with E-state index in [1.54, 1.807) is 6.92 Å². The number of ketones is 1. The van der Waals surface area contributed by atoms with Crippen LogP contribution in [0.1, 0.15) is 36.7 Å². The van der Waals surface area contributed by atoms with Gasteiger partial charge in [0.1, 0.15) is 5.75 Å². The van der Waals surface area contributed by atoms with Crippen LogP contribution < -0.4 is 4.74 Å². The number of Topliss-reactive ketones (excluding diaryl/α,β-unsaturated/α-hetero) is 1. The monoisotopic (exact) mass is 282 g/mol. The fourth-order valence-corrected chi connectivity index (χ4v) is 2.24. The van der Waals surface area contributed by atoms with Gasteiger partial charge in [-0.1, -0.05) is 44.2 Å². The van der Waals surface area contributed by atoms with Crippen LogP contribution in [0.4, 0.5) is 0 Å². The van der Waals surface area contributed by atoms with Gasteiger partial charge in [-0.25, -0.2) is 0 Å². The first kappa shape index (κ1) is 15.3. The van der Waals surface area contributed by atoms with Gasteiger partial charge in [0.25, 0.3) is 0 Å². The Morgan fingerprint density at radius 3 is 2.19 bits per heavy atom. The molecule has 0 bridgehead atoms. The van der Waals surface area contributed by atoms with Gasteiger partial charge in [-0.05, 0) is 48.6 Å². The SMILES string of the molecule is CC(=O)c1ccc(-c2ccc(OCC(C)C)cc2)cc1C. The first-order valence-corrected chi connectivity index (χ1v) is 7.32. The molecule has 0 aliphatic carbocycles. The van der Waals surface area contributed by atoms with E-state index in [1.807, 2.05) is 31.2 Å². The molecule has 0 fully saturated rings. The molecule has 110 valence electrons. The smallest absolute Gasteiger partial charge is 0.160 e. The largest absolute Gasteiger partial charge is 0.493 e. The first-order chi connectivity index (χ1) is 9.97. The van der Waals surface area contributed by atoms with E-state index in [-0.39, 0.29) is 5.78 Å². The quantitative estimate of drug-likeness (QED) is 0.729. The van der Waals surface area contributed by atoms with Gasteiger partial charge in [0.15, 0.2) is 5.78 Å². The van der Waals surface area contributed by atoms with Crippen molar-refractivity contribution < 1.29 is 9.53 Å². The van der Waals surface area contributed by atoms with Gasteiger partial charge in [-0.2, -0.15) is 0 Å². The standard InChI is InChI=1S/C19H22O2/c1-13(2)12-21-18-8-5-16(6-9-18)17-7-10-19(15(4)20)14(3)11-17/h5-11,13H,12H2,1-4H3. The second-order valence-electron chi connectivity index (χ2n) is 5.82. The average Bonchev–Trinajstić information content (AvgIpc) is 2.45. The van der Waals surface area contributed by atoms with Gasteiger partial charge in [-0.15, -0.1) is 0 Å². The van der Waals surface area contributed by atoms with Gasteiger partial charge in [-0.3, -0.25) is 4.79 Å². The predicted molar refractivity (Wildman–Crippen MR) is 87.0 cm³/mol. The van der Waals surface area contributed by atoms with Crippen LogP contribution in [0, 0.1) is 12.8 Å². The van der Waals surface area contributed by atoms with Crippen molar-refractivity contribution >= 4 is 5.78 Å². The molecule has 0 radical (unpaired) electrons. The summed E-state index contributed by atoms with van der Waals surface area (Å²) in [7, 11) is 0. The second kappa shape index (κ2) is 6.57. The summed E-state index contributed by atoms with van der Waals surface area (Å²) in [5.41, 5.74) is 4.05. The van der Waals surface area contributed by atoms with Crippen LogP contribution in [0.15, 0.2) is 42.5 Å². The molecular weight excluding hydrogens is 260 g/mol. The number of carbonyl (C=O) groups is 1. The maximum absolute atomic E-state index is 11.5. The molecular formula is C19H22O2. The van der Waals surface area contributed by atoms with E-state index >= 15 is 0 Å². The summed E-state index contributed by atoms with van der Waals surface area (Å²) in [4.78, 5) is 11.5. The predicted octanol–water partition coefficient (Wildman–Crippen LogP) is 4.90. The van der Waals surface area contributed by atoms with E-state index in [1.165, 1.54) is 0 Å². The lowest BCUT2D eigenvalue weighted by atomic mass is 9.98. The van der Waals surface area contributed by atoms with Gasteiger partial charge >= 0.3 is 0 Å². The topological polar surface area (TPSA) is 26.3 Å². The third-order valence-corrected chi connectivity index (χ3v) is 3.38. The normalized spacial score (nSPS) is 10.7. The lowest BCUT2D eigenvalue weighted by molar-refractivity contribution is 0.101. The molecule has 2 heteroatoms. The first-order valence-electron chi connectivity index (χ1n) is 7.32. The minimum atomic E-state index is 0.108. The summed E-state index contributed by atoms with van der Waals surface area (Å²) < 4.78 is 5.69. The molecule has 2 aromatic carbocycles. The fraction of sp³-hybridized carbons (Fsp3) is 0.316. The lowest BCUT2D eigenvalue weighted by Gasteiger charge is -2.10. The average molecular weight is 282 g/mol. The number of ether oxygens (including phenoxy) is 1. The maximum atomic E-state index is 11.5. The minimum absolute atomic E-state index is 0.108. The Bertz CT molecular complexity index is 625. The zero-order chi connectivity index (χ0) is 15.4. The van der Waals surface area contributed by atoms with Crippen molar-refractivity contribution in [3.63, 3.8) is 0 Å². The highest BCUT2D eigenvalue weighted by Crippen LogP contribution is 2.25. The van der Waals surface area contributed by atoms with E-state index in [9.17, 15) is 4.79 Å². The summed E-state index contributed by atoms with van der Waals surface area (Å²) in [5.74, 6) is 1.52. The summed E-state index contributed by atoms with van der Waals surface area (Å²) in [6.45, 7) is 8.57. The zero-order valence-electron chi connectivity index (χ0n) is 13.1. The van der Waals surface area contributed by atoms with Crippen molar-refractivity contribution in [1.82, 2.24) is 0 Å². The Labute approximate surface area is 126 Å². The maximum Gasteiger partial charge on any atom is 0.160 e. The zero-order valence-corrected chi connectivity index (χ0v) is 13.1. The van der Waals surface area contributed by atoms with Crippen molar-refractivity contribution in [2.24, 2.45) is 5.92 Å². The number of rotatable bonds is 5. The summed E-state index contributed by atoms with van der Waals surface area (Å²) in [5, 5.41) is 0. The molecule has 0 atom stereocenters. The van der Waals surface area contributed by atoms with E-state index in [4.69, 9.17) is 4.74 Å². The molecule has 21 heavy (non-hydrogen) atoms. The van der Waals surface area contributed by atoms with E-state index in [0.29, 0.717) is 5.92 Å². The highest BCUT2D eigenvalue weighted by Gasteiger charge is 2.06. The molecule has 0 saturated carbocycles. The molecule has 0 N–H and O–H groups in total. The number of hydrogen-bond acceptors (Lipinski definition) is 2. The van der Waals surface area contributed by atoms with Gasteiger partial charge in [0.2, 0.25) is 0 Å². The van der Waals surface area contributed by atoms with E-state index < -0.39 is 0 Å². The Balaban J connectivity index is 2.19. The number of carbonyl (C=O) groups excluding carboxylic acids is 1. The molecule has 2 aromatic rings. The summed E-state index contributed by atoms with van der Waals surface area (Å²) in [6, 6.07) is 14.0. The summed E-state index contributed by atoms with van der Waals surface area (Å²) in [6.07, 6.45) is 0. The van der Waals surface area contributed by atoms with Crippen molar-refractivity contribution in [2.45, 2.75) is 27.7 Å². The third kappa shape index (κ3) is 3.94. The van der Waals surface area contributed by atoms with E-state index in [0.717, 1.165) is 34.6 Å². The van der Waals surface area contributed by atoms with Gasteiger partial charge in [0.05, 0.1) is 6.61 Å². The van der Waals surface area contributed by atoms with E-state index in [2.05, 4.69) is 32.0 Å². The van der Waals surface area contributed by atoms with Crippen LogP contribution in [0.3, 0.4) is 0 Å². The fourth-order valence-electron chi connectivity index (χ4n) is 2.24. The number of benzene rings is 2. The summed E-state index contributed by atoms with van der Waals surface area (Å²) >= 11 is 0. The van der Waals surface area contributed by atoms with Crippen LogP contribution >= 0.6 is 0 Å². The second-order valence-corrected chi connectivity index (χ2v) is 5.82. The van der Waals surface area contributed by atoms with Crippen molar-refractivity contribution in [3.05, 3.63) is 53.6 Å². The van der Waals surface area contributed by atoms with Crippen LogP contribution in [0.25, 0.3) is 11.1 Å². The van der Waals surface area contributed by atoms with Crippen molar-refractivity contribution in [2.75, 3.05) is 6.61 Å². The molecule has 0 amide bonds. The van der Waals surface area contributed by atoms with Crippen molar-refractivity contribution in [3.8, 4) is 16.9 Å². The molecule has 0 heterocycles. The molecule has 2 nitrogen and oxygen atoms in total. The van der Waals surface area contributed by atoms with Crippen molar-refractivity contribution in [1.29, 1.82) is 0 Å². The Morgan fingerprint density at radius 1 is 1.05 bits per heavy atom. The molecule has 0 spiro atoms. The van der Waals surface area contributed by atoms with Crippen LogP contribution in [0.2, 0.25) is 0 Å². The third-order valence-electron chi connectivity index (χ3n) is 3.38. The number of hydrogen-bond donors (Lipinski definition) is 0. The molecule has 0 saturated heterocycles. The van der Waals surface area contributed by atoms with Gasteiger partial charge < -0.3 is 4.74 Å². The molecule has 2 rings (SSSR count). The Hall–Kier alpha value is -2.09. The Morgan fingerprint density at radius 2 is 1.67 bits per heavy atom. The van der Waals surface area contributed by atoms with Crippen LogP contribution in [-0.4, -0.2) is 12.4 Å². The van der Waals surface area contributed by atoms with Gasteiger partial charge in [0, 0.05) is 5.56 Å². The molecule has 0 aliphatic rings. The molecule has 0 aromatic heterocycles. The Kier molecular flexibility index (Phi) is 4.79. The highest BCUT2D eigenvalue weighted by molar-refractivity contribution is 5.96. The molecule has 0 unspecified atom stereocenters.